The largest absolute Gasteiger partial charge is 0.494 e. The normalized spacial score (nSPS) is 15.8. The predicted octanol–water partition coefficient (Wildman–Crippen LogP) is 4.46. The number of rotatable bonds is 7. The number of methoxy groups -OCH3 is 1. The van der Waals surface area contributed by atoms with Crippen molar-refractivity contribution >= 4 is 22.7 Å². The molecule has 3 heterocycles. The summed E-state index contributed by atoms with van der Waals surface area (Å²) in [6.07, 6.45) is -1.35. The molecule has 1 aromatic carbocycles. The van der Waals surface area contributed by atoms with Gasteiger partial charge in [-0.15, -0.1) is 0 Å². The van der Waals surface area contributed by atoms with Crippen molar-refractivity contribution in [3.63, 3.8) is 0 Å². The summed E-state index contributed by atoms with van der Waals surface area (Å²) >= 11 is 0. The van der Waals surface area contributed by atoms with Crippen LogP contribution in [-0.2, 0) is 11.0 Å². The Labute approximate surface area is 217 Å². The zero-order chi connectivity index (χ0) is 27.6. The van der Waals surface area contributed by atoms with E-state index in [2.05, 4.69) is 15.3 Å². The van der Waals surface area contributed by atoms with Gasteiger partial charge in [0.1, 0.15) is 23.0 Å². The van der Waals surface area contributed by atoms with E-state index in [4.69, 9.17) is 14.9 Å². The Morgan fingerprint density at radius 1 is 1.16 bits per heavy atom. The molecule has 1 saturated heterocycles. The highest BCUT2D eigenvalue weighted by Gasteiger charge is 2.34. The lowest BCUT2D eigenvalue weighted by atomic mass is 10.1. The molecule has 2 amide bonds. The van der Waals surface area contributed by atoms with Gasteiger partial charge in [0.25, 0.3) is 5.91 Å². The van der Waals surface area contributed by atoms with E-state index in [1.54, 1.807) is 24.8 Å². The quantitative estimate of drug-likeness (QED) is 0.460. The van der Waals surface area contributed by atoms with Gasteiger partial charge in [-0.3, -0.25) is 9.59 Å². The van der Waals surface area contributed by atoms with Crippen molar-refractivity contribution in [1.29, 1.82) is 0 Å². The fourth-order valence-electron chi connectivity index (χ4n) is 4.52. The van der Waals surface area contributed by atoms with Crippen LogP contribution in [0.2, 0.25) is 0 Å². The number of alkyl halides is 3. The fourth-order valence-corrected chi connectivity index (χ4v) is 4.52. The van der Waals surface area contributed by atoms with Crippen LogP contribution in [-0.4, -0.2) is 52.9 Å². The summed E-state index contributed by atoms with van der Waals surface area (Å²) in [5.74, 6) is -0.582. The number of nitrogens with zero attached hydrogens (tertiary/aromatic N) is 3. The second-order valence-corrected chi connectivity index (χ2v) is 9.25. The molecular formula is C26H30F3N5O4. The summed E-state index contributed by atoms with van der Waals surface area (Å²) in [6.45, 7) is 4.72. The Kier molecular flexibility index (Phi) is 7.91. The number of carbonyl (C=O) groups excluding carboxylic acids is 2. The number of nitrogens with one attached hydrogen (secondary N) is 1. The third kappa shape index (κ3) is 5.45. The fraction of sp³-hybridized carbons (Fsp3) is 0.462. The Morgan fingerprint density at radius 3 is 2.47 bits per heavy atom. The van der Waals surface area contributed by atoms with Gasteiger partial charge in [0.05, 0.1) is 13.2 Å². The minimum Gasteiger partial charge on any atom is -0.494 e. The average molecular weight is 534 g/mol. The van der Waals surface area contributed by atoms with E-state index >= 15 is 0 Å². The standard InChI is InChI=1S/C26H30F3N5O4/c1-4-17(25(36)34-12-6-5-7-13-34)31-23(35)21-22(14(2)30)38-24(33-21)16-8-10-18(37-3)20-15(16)9-11-19(32-20)26(27,28)29/h8-11,14,17H,4-7,12-13,30H2,1-3H3,(H,31,35)/t14-,17-/m0/s1. The lowest BCUT2D eigenvalue weighted by molar-refractivity contribution is -0.141. The second-order valence-electron chi connectivity index (χ2n) is 9.25. The molecule has 0 unspecified atom stereocenters. The van der Waals surface area contributed by atoms with Crippen molar-refractivity contribution in [3.05, 3.63) is 41.4 Å². The molecule has 1 aliphatic rings. The summed E-state index contributed by atoms with van der Waals surface area (Å²) in [4.78, 5) is 36.1. The summed E-state index contributed by atoms with van der Waals surface area (Å²) in [5, 5.41) is 3.04. The van der Waals surface area contributed by atoms with Crippen molar-refractivity contribution in [2.24, 2.45) is 5.73 Å². The number of amides is 2. The number of pyridine rings is 1. The number of ether oxygens (including phenoxy) is 1. The van der Waals surface area contributed by atoms with Crippen LogP contribution in [0.15, 0.2) is 28.7 Å². The molecule has 9 nitrogen and oxygen atoms in total. The molecule has 0 spiro atoms. The summed E-state index contributed by atoms with van der Waals surface area (Å²) in [5.41, 5.74) is 5.16. The van der Waals surface area contributed by atoms with Crippen molar-refractivity contribution in [1.82, 2.24) is 20.2 Å². The van der Waals surface area contributed by atoms with Gasteiger partial charge in [-0.25, -0.2) is 9.97 Å². The van der Waals surface area contributed by atoms with Crippen molar-refractivity contribution in [3.8, 4) is 17.2 Å². The molecule has 4 rings (SSSR count). The summed E-state index contributed by atoms with van der Waals surface area (Å²) in [6, 6.07) is 3.64. The van der Waals surface area contributed by atoms with E-state index in [1.165, 1.54) is 19.2 Å². The highest BCUT2D eigenvalue weighted by molar-refractivity contribution is 5.99. The molecule has 1 aliphatic heterocycles. The molecule has 3 N–H and O–H groups in total. The van der Waals surface area contributed by atoms with Gasteiger partial charge in [0.15, 0.2) is 11.5 Å². The number of hydrogen-bond donors (Lipinski definition) is 2. The first-order valence-corrected chi connectivity index (χ1v) is 12.5. The van der Waals surface area contributed by atoms with Crippen LogP contribution in [0.4, 0.5) is 13.2 Å². The first-order chi connectivity index (χ1) is 18.0. The van der Waals surface area contributed by atoms with E-state index in [0.717, 1.165) is 25.3 Å². The zero-order valence-corrected chi connectivity index (χ0v) is 21.4. The van der Waals surface area contributed by atoms with Crippen LogP contribution < -0.4 is 15.8 Å². The topological polar surface area (TPSA) is 124 Å². The highest BCUT2D eigenvalue weighted by Crippen LogP contribution is 2.37. The Bertz CT molecular complexity index is 1330. The Hall–Kier alpha value is -3.67. The first kappa shape index (κ1) is 27.4. The van der Waals surface area contributed by atoms with E-state index in [-0.39, 0.29) is 39.9 Å². The molecule has 1 fully saturated rings. The minimum absolute atomic E-state index is 0.0212. The van der Waals surface area contributed by atoms with Crippen molar-refractivity contribution < 1.29 is 31.9 Å². The van der Waals surface area contributed by atoms with Gasteiger partial charge in [-0.2, -0.15) is 13.2 Å². The molecular weight excluding hydrogens is 503 g/mol. The number of likely N-dealkylation sites (tertiary alicyclic amines) is 1. The zero-order valence-electron chi connectivity index (χ0n) is 21.4. The third-order valence-corrected chi connectivity index (χ3v) is 6.52. The maximum atomic E-state index is 13.3. The van der Waals surface area contributed by atoms with E-state index < -0.39 is 29.9 Å². The first-order valence-electron chi connectivity index (χ1n) is 12.5. The molecule has 204 valence electrons. The van der Waals surface area contributed by atoms with Gasteiger partial charge in [0, 0.05) is 24.0 Å². The van der Waals surface area contributed by atoms with Gasteiger partial charge >= 0.3 is 6.18 Å². The van der Waals surface area contributed by atoms with Crippen LogP contribution >= 0.6 is 0 Å². The SMILES string of the molecule is CC[C@H](NC(=O)c1nc(-c2ccc(OC)c3nc(C(F)(F)F)ccc23)oc1[C@H](C)N)C(=O)N1CCCCC1. The maximum Gasteiger partial charge on any atom is 0.433 e. The summed E-state index contributed by atoms with van der Waals surface area (Å²) in [7, 11) is 1.33. The lowest BCUT2D eigenvalue weighted by Gasteiger charge is -2.30. The molecule has 0 saturated carbocycles. The van der Waals surface area contributed by atoms with Crippen molar-refractivity contribution in [2.75, 3.05) is 20.2 Å². The number of carbonyl (C=O) groups is 2. The van der Waals surface area contributed by atoms with Gasteiger partial charge in [-0.1, -0.05) is 6.92 Å². The van der Waals surface area contributed by atoms with Crippen LogP contribution in [0.25, 0.3) is 22.4 Å². The van der Waals surface area contributed by atoms with Crippen molar-refractivity contribution in [2.45, 2.75) is 57.8 Å². The van der Waals surface area contributed by atoms with E-state index in [0.29, 0.717) is 25.1 Å². The number of halogens is 3. The highest BCUT2D eigenvalue weighted by atomic mass is 19.4. The Morgan fingerprint density at radius 2 is 1.87 bits per heavy atom. The second kappa shape index (κ2) is 11.0. The van der Waals surface area contributed by atoms with Crippen LogP contribution in [0.1, 0.15) is 67.5 Å². The van der Waals surface area contributed by atoms with Crippen LogP contribution in [0, 0.1) is 0 Å². The molecule has 12 heteroatoms. The number of nitrogens with two attached hydrogens (primary N) is 1. The monoisotopic (exact) mass is 533 g/mol. The van der Waals surface area contributed by atoms with Gasteiger partial charge in [-0.05, 0) is 56.9 Å². The van der Waals surface area contributed by atoms with Gasteiger partial charge < -0.3 is 25.1 Å². The number of aromatic nitrogens is 2. The molecule has 2 atom stereocenters. The number of piperidine rings is 1. The predicted molar refractivity (Wildman–Crippen MR) is 133 cm³/mol. The lowest BCUT2D eigenvalue weighted by Crippen LogP contribution is -2.49. The van der Waals surface area contributed by atoms with E-state index in [9.17, 15) is 22.8 Å². The molecule has 3 aromatic rings. The molecule has 2 aromatic heterocycles. The minimum atomic E-state index is -4.65. The third-order valence-electron chi connectivity index (χ3n) is 6.52. The van der Waals surface area contributed by atoms with Crippen LogP contribution in [0.5, 0.6) is 5.75 Å². The smallest absolute Gasteiger partial charge is 0.433 e. The van der Waals surface area contributed by atoms with Crippen LogP contribution in [0.3, 0.4) is 0 Å². The molecule has 38 heavy (non-hydrogen) atoms. The number of oxazole rings is 1. The number of hydrogen-bond acceptors (Lipinski definition) is 7. The van der Waals surface area contributed by atoms with Gasteiger partial charge in [0.2, 0.25) is 11.8 Å². The average Bonchev–Trinajstić information content (AvgIpc) is 3.36. The number of benzene rings is 1. The number of fused-ring (bicyclic) bond motifs is 1. The molecule has 0 radical (unpaired) electrons. The van der Waals surface area contributed by atoms with E-state index in [1.807, 2.05) is 0 Å². The summed E-state index contributed by atoms with van der Waals surface area (Å²) < 4.78 is 51.0. The molecule has 0 aliphatic carbocycles. The molecule has 0 bridgehead atoms. The Balaban J connectivity index is 1.71. The maximum absolute atomic E-state index is 13.3.